The average Bonchev–Trinajstić information content (AvgIpc) is 2.86. The first kappa shape index (κ1) is 13.9. The SMILES string of the molecule is CN(C)C1CCN(c2nc3ccccn3c2C(=O)O)CC1. The van der Waals surface area contributed by atoms with Gasteiger partial charge in [-0.25, -0.2) is 9.78 Å². The molecule has 0 aliphatic carbocycles. The molecular formula is C15H20N4O2. The number of rotatable bonds is 3. The predicted octanol–water partition coefficient (Wildman–Crippen LogP) is 1.56. The summed E-state index contributed by atoms with van der Waals surface area (Å²) in [6, 6.07) is 6.09. The van der Waals surface area contributed by atoms with Crippen molar-refractivity contribution in [3.63, 3.8) is 0 Å². The Kier molecular flexibility index (Phi) is 3.55. The van der Waals surface area contributed by atoms with Crippen molar-refractivity contribution in [3.05, 3.63) is 30.1 Å². The Morgan fingerprint density at radius 2 is 2.05 bits per heavy atom. The summed E-state index contributed by atoms with van der Waals surface area (Å²) in [5.74, 6) is -0.343. The molecule has 0 unspecified atom stereocenters. The van der Waals surface area contributed by atoms with Gasteiger partial charge in [-0.3, -0.25) is 4.40 Å². The van der Waals surface area contributed by atoms with Gasteiger partial charge in [0.25, 0.3) is 0 Å². The van der Waals surface area contributed by atoms with E-state index in [2.05, 4.69) is 28.9 Å². The monoisotopic (exact) mass is 288 g/mol. The number of imidazole rings is 1. The Labute approximate surface area is 123 Å². The zero-order valence-corrected chi connectivity index (χ0v) is 12.4. The van der Waals surface area contributed by atoms with Crippen molar-refractivity contribution in [3.8, 4) is 0 Å². The van der Waals surface area contributed by atoms with Gasteiger partial charge in [0.1, 0.15) is 5.65 Å². The smallest absolute Gasteiger partial charge is 0.356 e. The molecule has 0 amide bonds. The van der Waals surface area contributed by atoms with Crippen LogP contribution in [0.4, 0.5) is 5.82 Å². The van der Waals surface area contributed by atoms with Crippen LogP contribution in [0.25, 0.3) is 5.65 Å². The molecule has 1 saturated heterocycles. The summed E-state index contributed by atoms with van der Waals surface area (Å²) in [5, 5.41) is 9.53. The number of aromatic carboxylic acids is 1. The van der Waals surface area contributed by atoms with Gasteiger partial charge in [0.15, 0.2) is 11.5 Å². The fourth-order valence-corrected chi connectivity index (χ4v) is 3.00. The van der Waals surface area contributed by atoms with Crippen molar-refractivity contribution in [1.29, 1.82) is 0 Å². The standard InChI is InChI=1S/C15H20N4O2/c1-17(2)11-6-9-18(10-7-11)14-13(15(20)21)19-8-4-3-5-12(19)16-14/h3-5,8,11H,6-7,9-10H2,1-2H3,(H,20,21). The normalized spacial score (nSPS) is 16.8. The van der Waals surface area contributed by atoms with E-state index >= 15 is 0 Å². The summed E-state index contributed by atoms with van der Waals surface area (Å²) in [6.07, 6.45) is 3.81. The molecule has 1 fully saturated rings. The van der Waals surface area contributed by atoms with Crippen LogP contribution in [-0.4, -0.2) is 58.6 Å². The lowest BCUT2D eigenvalue weighted by atomic mass is 10.0. The lowest BCUT2D eigenvalue weighted by molar-refractivity contribution is 0.0690. The highest BCUT2D eigenvalue weighted by molar-refractivity contribution is 5.93. The van der Waals surface area contributed by atoms with Crippen molar-refractivity contribution in [2.45, 2.75) is 18.9 Å². The van der Waals surface area contributed by atoms with Crippen LogP contribution in [0.5, 0.6) is 0 Å². The fraction of sp³-hybridized carbons (Fsp3) is 0.467. The first-order valence-corrected chi connectivity index (χ1v) is 7.19. The summed E-state index contributed by atoms with van der Waals surface area (Å²) in [6.45, 7) is 1.68. The molecule has 2 aromatic heterocycles. The van der Waals surface area contributed by atoms with Crippen LogP contribution in [0.15, 0.2) is 24.4 Å². The zero-order valence-electron chi connectivity index (χ0n) is 12.4. The number of carboxylic acids is 1. The molecule has 6 nitrogen and oxygen atoms in total. The highest BCUT2D eigenvalue weighted by Gasteiger charge is 2.27. The van der Waals surface area contributed by atoms with E-state index in [1.165, 1.54) is 0 Å². The van der Waals surface area contributed by atoms with Gasteiger partial charge in [-0.15, -0.1) is 0 Å². The lowest BCUT2D eigenvalue weighted by Gasteiger charge is -2.35. The number of piperidine rings is 1. The van der Waals surface area contributed by atoms with E-state index in [1.54, 1.807) is 10.6 Å². The quantitative estimate of drug-likeness (QED) is 0.929. The Morgan fingerprint density at radius 3 is 2.67 bits per heavy atom. The van der Waals surface area contributed by atoms with Gasteiger partial charge in [-0.2, -0.15) is 0 Å². The first-order valence-electron chi connectivity index (χ1n) is 7.19. The molecule has 0 aromatic carbocycles. The van der Waals surface area contributed by atoms with Gasteiger partial charge in [0.05, 0.1) is 0 Å². The van der Waals surface area contributed by atoms with Crippen LogP contribution in [0.3, 0.4) is 0 Å². The molecule has 2 aromatic rings. The Bertz CT molecular complexity index is 657. The predicted molar refractivity (Wildman–Crippen MR) is 81.1 cm³/mol. The number of nitrogens with zero attached hydrogens (tertiary/aromatic N) is 4. The molecule has 1 aliphatic heterocycles. The third kappa shape index (κ3) is 2.47. The number of anilines is 1. The summed E-state index contributed by atoms with van der Waals surface area (Å²) in [7, 11) is 4.18. The van der Waals surface area contributed by atoms with Gasteiger partial charge in [-0.05, 0) is 39.1 Å². The maximum absolute atomic E-state index is 11.6. The second kappa shape index (κ2) is 5.37. The molecular weight excluding hydrogens is 268 g/mol. The topological polar surface area (TPSA) is 61.1 Å². The van der Waals surface area contributed by atoms with Crippen LogP contribution in [0.2, 0.25) is 0 Å². The van der Waals surface area contributed by atoms with E-state index in [4.69, 9.17) is 0 Å². The van der Waals surface area contributed by atoms with Crippen molar-refractivity contribution in [2.24, 2.45) is 0 Å². The molecule has 112 valence electrons. The van der Waals surface area contributed by atoms with Gasteiger partial charge in [0.2, 0.25) is 0 Å². The average molecular weight is 288 g/mol. The van der Waals surface area contributed by atoms with E-state index in [-0.39, 0.29) is 5.69 Å². The summed E-state index contributed by atoms with van der Waals surface area (Å²) in [5.41, 5.74) is 0.938. The van der Waals surface area contributed by atoms with Crippen LogP contribution < -0.4 is 4.90 Å². The molecule has 1 aliphatic rings. The number of hydrogen-bond donors (Lipinski definition) is 1. The summed E-state index contributed by atoms with van der Waals surface area (Å²) < 4.78 is 1.65. The number of carboxylic acid groups (broad SMARTS) is 1. The van der Waals surface area contributed by atoms with Gasteiger partial charge < -0.3 is 14.9 Å². The minimum atomic E-state index is -0.932. The minimum absolute atomic E-state index is 0.258. The Morgan fingerprint density at radius 1 is 1.33 bits per heavy atom. The molecule has 0 spiro atoms. The summed E-state index contributed by atoms with van der Waals surface area (Å²) >= 11 is 0. The number of carbonyl (C=O) groups is 1. The van der Waals surface area contributed by atoms with Crippen LogP contribution in [0.1, 0.15) is 23.3 Å². The zero-order chi connectivity index (χ0) is 15.0. The van der Waals surface area contributed by atoms with Crippen LogP contribution in [0, 0.1) is 0 Å². The Hall–Kier alpha value is -2.08. The van der Waals surface area contributed by atoms with Gasteiger partial charge >= 0.3 is 5.97 Å². The lowest BCUT2D eigenvalue weighted by Crippen LogP contribution is -2.42. The number of hydrogen-bond acceptors (Lipinski definition) is 4. The second-order valence-electron chi connectivity index (χ2n) is 5.70. The number of aromatic nitrogens is 2. The third-order valence-electron chi connectivity index (χ3n) is 4.21. The Balaban J connectivity index is 1.94. The number of fused-ring (bicyclic) bond motifs is 1. The van der Waals surface area contributed by atoms with Crippen LogP contribution in [-0.2, 0) is 0 Å². The van der Waals surface area contributed by atoms with E-state index in [0.717, 1.165) is 25.9 Å². The molecule has 6 heteroatoms. The highest BCUT2D eigenvalue weighted by atomic mass is 16.4. The number of pyridine rings is 1. The highest BCUT2D eigenvalue weighted by Crippen LogP contribution is 2.26. The van der Waals surface area contributed by atoms with E-state index in [1.807, 2.05) is 18.2 Å². The van der Waals surface area contributed by atoms with E-state index in [0.29, 0.717) is 17.5 Å². The van der Waals surface area contributed by atoms with Crippen LogP contribution >= 0.6 is 0 Å². The minimum Gasteiger partial charge on any atom is -0.476 e. The van der Waals surface area contributed by atoms with Crippen molar-refractivity contribution >= 4 is 17.4 Å². The van der Waals surface area contributed by atoms with Gasteiger partial charge in [0, 0.05) is 25.3 Å². The third-order valence-corrected chi connectivity index (χ3v) is 4.21. The fourth-order valence-electron chi connectivity index (χ4n) is 3.00. The molecule has 0 radical (unpaired) electrons. The van der Waals surface area contributed by atoms with Crippen molar-refractivity contribution in [2.75, 3.05) is 32.1 Å². The second-order valence-corrected chi connectivity index (χ2v) is 5.70. The molecule has 0 atom stereocenters. The van der Waals surface area contributed by atoms with E-state index < -0.39 is 5.97 Å². The molecule has 1 N–H and O–H groups in total. The first-order chi connectivity index (χ1) is 10.1. The molecule has 3 rings (SSSR count). The molecule has 0 bridgehead atoms. The molecule has 3 heterocycles. The van der Waals surface area contributed by atoms with Gasteiger partial charge in [-0.1, -0.05) is 6.07 Å². The maximum Gasteiger partial charge on any atom is 0.356 e. The molecule has 0 saturated carbocycles. The van der Waals surface area contributed by atoms with Crippen molar-refractivity contribution < 1.29 is 9.90 Å². The van der Waals surface area contributed by atoms with Crippen molar-refractivity contribution in [1.82, 2.24) is 14.3 Å². The maximum atomic E-state index is 11.6. The largest absolute Gasteiger partial charge is 0.476 e. The van der Waals surface area contributed by atoms with E-state index in [9.17, 15) is 9.90 Å². The summed E-state index contributed by atoms with van der Waals surface area (Å²) in [4.78, 5) is 20.5. The molecule has 21 heavy (non-hydrogen) atoms.